The average molecular weight is 286 g/mol. The molecule has 1 unspecified atom stereocenters. The molecule has 0 aromatic heterocycles. The van der Waals surface area contributed by atoms with Gasteiger partial charge in [-0.05, 0) is 26.2 Å². The van der Waals surface area contributed by atoms with Crippen LogP contribution in [0.5, 0.6) is 0 Å². The number of unbranched alkanes of at least 4 members (excludes halogenated alkanes) is 1. The van der Waals surface area contributed by atoms with Crippen molar-refractivity contribution in [1.82, 2.24) is 10.6 Å². The Morgan fingerprint density at radius 1 is 1.37 bits per heavy atom. The number of thioether (sulfide) groups is 1. The fourth-order valence-electron chi connectivity index (χ4n) is 2.17. The molecular formula is C13H22N2O3S. The number of hydrogen-bond donors (Lipinski definition) is 2. The van der Waals surface area contributed by atoms with E-state index in [1.807, 2.05) is 0 Å². The van der Waals surface area contributed by atoms with Crippen LogP contribution >= 0.6 is 11.8 Å². The minimum atomic E-state index is -0.0859. The van der Waals surface area contributed by atoms with Gasteiger partial charge in [0.15, 0.2) is 0 Å². The van der Waals surface area contributed by atoms with Crippen LogP contribution in [0, 0.1) is 5.92 Å². The minimum Gasteiger partial charge on any atom is -0.356 e. The molecule has 0 aliphatic carbocycles. The van der Waals surface area contributed by atoms with Crippen molar-refractivity contribution in [1.29, 1.82) is 0 Å². The summed E-state index contributed by atoms with van der Waals surface area (Å²) in [5, 5.41) is 5.68. The second-order valence-electron chi connectivity index (χ2n) is 4.89. The van der Waals surface area contributed by atoms with Crippen LogP contribution in [0.15, 0.2) is 0 Å². The fraction of sp³-hybridized carbons (Fsp3) is 0.769. The Hall–Kier alpha value is -1.04. The summed E-state index contributed by atoms with van der Waals surface area (Å²) >= 11 is 1.52. The van der Waals surface area contributed by atoms with E-state index in [4.69, 9.17) is 0 Å². The van der Waals surface area contributed by atoms with Crippen LogP contribution in [-0.2, 0) is 14.4 Å². The molecule has 2 atom stereocenters. The molecule has 2 amide bonds. The zero-order valence-electron chi connectivity index (χ0n) is 11.5. The predicted molar refractivity (Wildman–Crippen MR) is 76.0 cm³/mol. The third-order valence-electron chi connectivity index (χ3n) is 3.20. The largest absolute Gasteiger partial charge is 0.356 e. The van der Waals surface area contributed by atoms with E-state index in [0.717, 1.165) is 19.3 Å². The van der Waals surface area contributed by atoms with E-state index in [1.165, 1.54) is 18.7 Å². The fourth-order valence-corrected chi connectivity index (χ4v) is 3.28. The molecule has 1 saturated heterocycles. The Balaban J connectivity index is 2.39. The number of carbonyl (C=O) groups excluding carboxylic acids is 3. The molecule has 108 valence electrons. The van der Waals surface area contributed by atoms with Crippen molar-refractivity contribution in [2.45, 2.75) is 39.2 Å². The van der Waals surface area contributed by atoms with E-state index in [1.54, 1.807) is 6.92 Å². The predicted octanol–water partition coefficient (Wildman–Crippen LogP) is 0.730. The summed E-state index contributed by atoms with van der Waals surface area (Å²) < 4.78 is 0. The van der Waals surface area contributed by atoms with E-state index >= 15 is 0 Å². The Morgan fingerprint density at radius 2 is 2.11 bits per heavy atom. The molecule has 19 heavy (non-hydrogen) atoms. The smallest absolute Gasteiger partial charge is 0.230 e. The first kappa shape index (κ1) is 16.0. The lowest BCUT2D eigenvalue weighted by atomic mass is 9.93. The van der Waals surface area contributed by atoms with Gasteiger partial charge in [0.2, 0.25) is 11.8 Å². The summed E-state index contributed by atoms with van der Waals surface area (Å²) in [6.07, 6.45) is 2.54. The van der Waals surface area contributed by atoms with Crippen LogP contribution in [0.1, 0.15) is 33.1 Å². The highest BCUT2D eigenvalue weighted by Gasteiger charge is 2.29. The summed E-state index contributed by atoms with van der Waals surface area (Å²) in [5.41, 5.74) is 0. The number of hydrogen-bond acceptors (Lipinski definition) is 4. The summed E-state index contributed by atoms with van der Waals surface area (Å²) in [4.78, 5) is 33.9. The summed E-state index contributed by atoms with van der Waals surface area (Å²) in [6, 6.07) is -0.0580. The lowest BCUT2D eigenvalue weighted by Crippen LogP contribution is -2.42. The van der Waals surface area contributed by atoms with Crippen LogP contribution < -0.4 is 10.6 Å². The number of carbonyl (C=O) groups is 3. The molecule has 2 N–H and O–H groups in total. The van der Waals surface area contributed by atoms with E-state index in [0.29, 0.717) is 18.1 Å². The number of Topliss-reactive ketones (excluding diaryl/α,β-unsaturated/α-hetero) is 1. The van der Waals surface area contributed by atoms with Crippen molar-refractivity contribution in [2.24, 2.45) is 5.92 Å². The number of nitrogens with one attached hydrogen (secondary N) is 2. The minimum absolute atomic E-state index is 0.0145. The SMILES string of the molecule is CC(=O)NCCCCC1NC(=O)CSC[C@H]1C(C)=O. The van der Waals surface area contributed by atoms with Gasteiger partial charge in [0.1, 0.15) is 5.78 Å². The Labute approximate surface area is 118 Å². The van der Waals surface area contributed by atoms with Crippen LogP contribution in [-0.4, -0.2) is 41.7 Å². The van der Waals surface area contributed by atoms with E-state index in [9.17, 15) is 14.4 Å². The van der Waals surface area contributed by atoms with Gasteiger partial charge in [-0.15, -0.1) is 0 Å². The van der Waals surface area contributed by atoms with Crippen molar-refractivity contribution in [3.63, 3.8) is 0 Å². The number of amides is 2. The molecule has 1 aliphatic heterocycles. The Morgan fingerprint density at radius 3 is 2.74 bits per heavy atom. The van der Waals surface area contributed by atoms with Crippen molar-refractivity contribution >= 4 is 29.4 Å². The summed E-state index contributed by atoms with van der Waals surface area (Å²) in [6.45, 7) is 3.73. The monoisotopic (exact) mass is 286 g/mol. The lowest BCUT2D eigenvalue weighted by molar-refractivity contribution is -0.122. The highest BCUT2D eigenvalue weighted by atomic mass is 32.2. The normalized spacial score (nSPS) is 23.4. The van der Waals surface area contributed by atoms with Crippen LogP contribution in [0.2, 0.25) is 0 Å². The number of ketones is 1. The van der Waals surface area contributed by atoms with Crippen LogP contribution in [0.4, 0.5) is 0 Å². The molecule has 1 heterocycles. The van der Waals surface area contributed by atoms with Crippen LogP contribution in [0.3, 0.4) is 0 Å². The highest BCUT2D eigenvalue weighted by Crippen LogP contribution is 2.21. The lowest BCUT2D eigenvalue weighted by Gasteiger charge is -2.23. The van der Waals surface area contributed by atoms with Crippen molar-refractivity contribution in [3.05, 3.63) is 0 Å². The molecule has 1 fully saturated rings. The maximum Gasteiger partial charge on any atom is 0.230 e. The van der Waals surface area contributed by atoms with Crippen molar-refractivity contribution in [2.75, 3.05) is 18.1 Å². The summed E-state index contributed by atoms with van der Waals surface area (Å²) in [7, 11) is 0. The van der Waals surface area contributed by atoms with E-state index in [2.05, 4.69) is 10.6 Å². The Bertz CT molecular complexity index is 347. The molecule has 1 rings (SSSR count). The summed E-state index contributed by atoms with van der Waals surface area (Å²) in [5.74, 6) is 1.19. The topological polar surface area (TPSA) is 75.3 Å². The third-order valence-corrected chi connectivity index (χ3v) is 4.26. The van der Waals surface area contributed by atoms with Gasteiger partial charge < -0.3 is 10.6 Å². The molecule has 0 radical (unpaired) electrons. The molecule has 0 aromatic rings. The quantitative estimate of drug-likeness (QED) is 0.706. The van der Waals surface area contributed by atoms with Gasteiger partial charge in [-0.3, -0.25) is 14.4 Å². The second kappa shape index (κ2) is 8.19. The molecule has 0 saturated carbocycles. The average Bonchev–Trinajstić information content (AvgIpc) is 2.50. The van der Waals surface area contributed by atoms with Gasteiger partial charge in [0.05, 0.1) is 5.75 Å². The first-order chi connectivity index (χ1) is 9.00. The third kappa shape index (κ3) is 6.09. The molecule has 0 aromatic carbocycles. The first-order valence-corrected chi connectivity index (χ1v) is 7.78. The van der Waals surface area contributed by atoms with Gasteiger partial charge >= 0.3 is 0 Å². The molecular weight excluding hydrogens is 264 g/mol. The van der Waals surface area contributed by atoms with Gasteiger partial charge in [-0.2, -0.15) is 11.8 Å². The van der Waals surface area contributed by atoms with Gasteiger partial charge in [-0.25, -0.2) is 0 Å². The molecule has 1 aliphatic rings. The van der Waals surface area contributed by atoms with Gasteiger partial charge in [0, 0.05) is 31.2 Å². The van der Waals surface area contributed by atoms with Crippen molar-refractivity contribution < 1.29 is 14.4 Å². The highest BCUT2D eigenvalue weighted by molar-refractivity contribution is 8.00. The molecule has 0 bridgehead atoms. The molecule has 6 heteroatoms. The zero-order chi connectivity index (χ0) is 14.3. The van der Waals surface area contributed by atoms with Crippen LogP contribution in [0.25, 0.3) is 0 Å². The van der Waals surface area contributed by atoms with E-state index < -0.39 is 0 Å². The second-order valence-corrected chi connectivity index (χ2v) is 5.92. The Kier molecular flexibility index (Phi) is 6.91. The number of rotatable bonds is 6. The molecule has 0 spiro atoms. The standard InChI is InChI=1S/C13H22N2O3S/c1-9(16)11-7-19-8-13(18)15-12(11)5-3-4-6-14-10(2)17/h11-12H,3-8H2,1-2H3,(H,14,17)(H,15,18)/t11-,12?/m0/s1. The first-order valence-electron chi connectivity index (χ1n) is 6.62. The molecule has 5 nitrogen and oxygen atoms in total. The maximum absolute atomic E-state index is 11.6. The maximum atomic E-state index is 11.6. The van der Waals surface area contributed by atoms with Gasteiger partial charge in [-0.1, -0.05) is 0 Å². The van der Waals surface area contributed by atoms with Gasteiger partial charge in [0.25, 0.3) is 0 Å². The zero-order valence-corrected chi connectivity index (χ0v) is 12.3. The van der Waals surface area contributed by atoms with E-state index in [-0.39, 0.29) is 29.6 Å². The van der Waals surface area contributed by atoms with Crippen molar-refractivity contribution in [3.8, 4) is 0 Å².